The van der Waals surface area contributed by atoms with Gasteiger partial charge in [-0.05, 0) is 62.3 Å². The standard InChI is InChI=1S/C22H26N4O2/c27-20(26-25-12-17-11-23-19-4-2-1-3-18(17)19)13-24-21(28)22-8-14-5-15(9-22)7-16(6-14)10-22/h1-4,11-12,14-16,23H,5-10,13H2,(H,24,28)(H,26,27)/b25-12-. The van der Waals surface area contributed by atoms with Crippen LogP contribution in [0.3, 0.4) is 0 Å². The van der Waals surface area contributed by atoms with E-state index >= 15 is 0 Å². The second kappa shape index (κ2) is 6.76. The number of carbonyl (C=O) groups excluding carboxylic acids is 2. The van der Waals surface area contributed by atoms with Crippen molar-refractivity contribution in [1.82, 2.24) is 15.7 Å². The Labute approximate surface area is 164 Å². The van der Waals surface area contributed by atoms with Gasteiger partial charge in [0.15, 0.2) is 0 Å². The average molecular weight is 378 g/mol. The van der Waals surface area contributed by atoms with Crippen LogP contribution >= 0.6 is 0 Å². The second-order valence-corrected chi connectivity index (χ2v) is 8.96. The normalized spacial score (nSPS) is 30.8. The first-order chi connectivity index (χ1) is 13.6. The maximum absolute atomic E-state index is 12.9. The molecule has 0 unspecified atom stereocenters. The number of rotatable bonds is 5. The number of benzene rings is 1. The van der Waals surface area contributed by atoms with E-state index in [1.54, 1.807) is 6.21 Å². The van der Waals surface area contributed by atoms with Crippen molar-refractivity contribution < 1.29 is 9.59 Å². The van der Waals surface area contributed by atoms with Gasteiger partial charge in [0, 0.05) is 28.1 Å². The van der Waals surface area contributed by atoms with Gasteiger partial charge in [-0.25, -0.2) is 5.43 Å². The van der Waals surface area contributed by atoms with E-state index in [1.165, 1.54) is 19.3 Å². The molecule has 28 heavy (non-hydrogen) atoms. The van der Waals surface area contributed by atoms with Gasteiger partial charge in [-0.2, -0.15) is 5.10 Å². The molecule has 4 saturated carbocycles. The van der Waals surface area contributed by atoms with Crippen LogP contribution in [0.1, 0.15) is 44.1 Å². The SMILES string of the molecule is O=C(CNC(=O)C12CC3CC(CC(C3)C1)C2)N/N=C\c1c[nH]c2ccccc12. The maximum atomic E-state index is 12.9. The number of para-hydroxylation sites is 1. The summed E-state index contributed by atoms with van der Waals surface area (Å²) in [5.41, 5.74) is 4.23. The van der Waals surface area contributed by atoms with E-state index in [-0.39, 0.29) is 23.8 Å². The van der Waals surface area contributed by atoms with Crippen LogP contribution in [0.25, 0.3) is 10.9 Å². The fraction of sp³-hybridized carbons (Fsp3) is 0.500. The molecule has 3 N–H and O–H groups in total. The predicted molar refractivity (Wildman–Crippen MR) is 108 cm³/mol. The van der Waals surface area contributed by atoms with Gasteiger partial charge in [-0.15, -0.1) is 0 Å². The van der Waals surface area contributed by atoms with Crippen LogP contribution in [-0.2, 0) is 9.59 Å². The van der Waals surface area contributed by atoms with Gasteiger partial charge in [-0.3, -0.25) is 9.59 Å². The molecule has 0 saturated heterocycles. The Hall–Kier alpha value is -2.63. The monoisotopic (exact) mass is 378 g/mol. The van der Waals surface area contributed by atoms with Crippen LogP contribution in [-0.4, -0.2) is 29.6 Å². The molecule has 0 radical (unpaired) electrons. The zero-order valence-electron chi connectivity index (χ0n) is 15.9. The highest BCUT2D eigenvalue weighted by Gasteiger charge is 2.54. The lowest BCUT2D eigenvalue weighted by Gasteiger charge is -2.55. The summed E-state index contributed by atoms with van der Waals surface area (Å²) in [4.78, 5) is 28.2. The number of fused-ring (bicyclic) bond motifs is 1. The van der Waals surface area contributed by atoms with Gasteiger partial charge in [0.1, 0.15) is 0 Å². The molecule has 0 spiro atoms. The van der Waals surface area contributed by atoms with Gasteiger partial charge in [0.25, 0.3) is 5.91 Å². The molecular formula is C22H26N4O2. The van der Waals surface area contributed by atoms with E-state index < -0.39 is 0 Å². The van der Waals surface area contributed by atoms with Crippen LogP contribution < -0.4 is 10.7 Å². The molecule has 0 atom stereocenters. The first kappa shape index (κ1) is 17.5. The van der Waals surface area contributed by atoms with Crippen LogP contribution in [0.5, 0.6) is 0 Å². The number of hydrazone groups is 1. The van der Waals surface area contributed by atoms with Crippen molar-refractivity contribution >= 4 is 28.9 Å². The molecule has 1 aromatic carbocycles. The molecular weight excluding hydrogens is 352 g/mol. The molecule has 4 aliphatic carbocycles. The molecule has 1 aromatic heterocycles. The smallest absolute Gasteiger partial charge is 0.259 e. The summed E-state index contributed by atoms with van der Waals surface area (Å²) < 4.78 is 0. The molecule has 0 aliphatic heterocycles. The fourth-order valence-corrected chi connectivity index (χ4v) is 6.15. The number of nitrogens with one attached hydrogen (secondary N) is 3. The third kappa shape index (κ3) is 3.11. The molecule has 6 nitrogen and oxygen atoms in total. The second-order valence-electron chi connectivity index (χ2n) is 8.96. The minimum Gasteiger partial charge on any atom is -0.361 e. The summed E-state index contributed by atoms with van der Waals surface area (Å²) >= 11 is 0. The molecule has 4 aliphatic rings. The zero-order chi connectivity index (χ0) is 19.1. The molecule has 1 heterocycles. The van der Waals surface area contributed by atoms with Crippen molar-refractivity contribution in [3.05, 3.63) is 36.0 Å². The third-order valence-electron chi connectivity index (χ3n) is 6.94. The number of amides is 2. The Morgan fingerprint density at radius 3 is 2.50 bits per heavy atom. The number of aromatic amines is 1. The van der Waals surface area contributed by atoms with Crippen molar-refractivity contribution in [3.63, 3.8) is 0 Å². The molecule has 4 fully saturated rings. The first-order valence-corrected chi connectivity index (χ1v) is 10.3. The van der Waals surface area contributed by atoms with Crippen LogP contribution in [0.15, 0.2) is 35.6 Å². The Morgan fingerprint density at radius 1 is 1.11 bits per heavy atom. The molecule has 2 aromatic rings. The van der Waals surface area contributed by atoms with Crippen molar-refractivity contribution in [1.29, 1.82) is 0 Å². The lowest BCUT2D eigenvalue weighted by molar-refractivity contribution is -0.147. The molecule has 2 amide bonds. The Kier molecular flexibility index (Phi) is 4.22. The number of aromatic nitrogens is 1. The van der Waals surface area contributed by atoms with E-state index in [9.17, 15) is 9.59 Å². The van der Waals surface area contributed by atoms with Crippen LogP contribution in [0.2, 0.25) is 0 Å². The molecule has 146 valence electrons. The highest BCUT2D eigenvalue weighted by molar-refractivity contribution is 5.99. The minimum atomic E-state index is -0.297. The topological polar surface area (TPSA) is 86.3 Å². The lowest BCUT2D eigenvalue weighted by atomic mass is 9.49. The average Bonchev–Trinajstić information content (AvgIpc) is 3.08. The highest BCUT2D eigenvalue weighted by Crippen LogP contribution is 2.60. The van der Waals surface area contributed by atoms with E-state index in [1.807, 2.05) is 30.5 Å². The van der Waals surface area contributed by atoms with Crippen LogP contribution in [0.4, 0.5) is 0 Å². The highest BCUT2D eigenvalue weighted by atomic mass is 16.2. The molecule has 4 bridgehead atoms. The fourth-order valence-electron chi connectivity index (χ4n) is 6.15. The van der Waals surface area contributed by atoms with Crippen molar-refractivity contribution in [2.75, 3.05) is 6.54 Å². The molecule has 6 rings (SSSR count). The van der Waals surface area contributed by atoms with E-state index in [0.29, 0.717) is 17.8 Å². The minimum absolute atomic E-state index is 0.0220. The summed E-state index contributed by atoms with van der Waals surface area (Å²) in [6.07, 6.45) is 10.4. The van der Waals surface area contributed by atoms with Gasteiger partial charge < -0.3 is 10.3 Å². The lowest BCUT2D eigenvalue weighted by Crippen LogP contribution is -2.54. The third-order valence-corrected chi connectivity index (χ3v) is 6.94. The van der Waals surface area contributed by atoms with E-state index in [2.05, 4.69) is 20.8 Å². The number of carbonyl (C=O) groups is 2. The predicted octanol–water partition coefficient (Wildman–Crippen LogP) is 2.95. The van der Waals surface area contributed by atoms with E-state index in [4.69, 9.17) is 0 Å². The molecule has 6 heteroatoms. The van der Waals surface area contributed by atoms with Crippen molar-refractivity contribution in [2.45, 2.75) is 38.5 Å². The Morgan fingerprint density at radius 2 is 1.79 bits per heavy atom. The van der Waals surface area contributed by atoms with Gasteiger partial charge in [0.2, 0.25) is 5.91 Å². The van der Waals surface area contributed by atoms with E-state index in [0.717, 1.165) is 35.7 Å². The largest absolute Gasteiger partial charge is 0.361 e. The van der Waals surface area contributed by atoms with Gasteiger partial charge in [-0.1, -0.05) is 18.2 Å². The summed E-state index contributed by atoms with van der Waals surface area (Å²) in [5.74, 6) is 1.92. The number of hydrogen-bond donors (Lipinski definition) is 3. The number of nitrogens with zero attached hydrogens (tertiary/aromatic N) is 1. The Balaban J connectivity index is 1.15. The summed E-state index contributed by atoms with van der Waals surface area (Å²) in [7, 11) is 0. The van der Waals surface area contributed by atoms with Gasteiger partial charge >= 0.3 is 0 Å². The van der Waals surface area contributed by atoms with Crippen molar-refractivity contribution in [3.8, 4) is 0 Å². The Bertz CT molecular complexity index is 910. The number of hydrogen-bond acceptors (Lipinski definition) is 3. The van der Waals surface area contributed by atoms with Crippen molar-refractivity contribution in [2.24, 2.45) is 28.3 Å². The number of H-pyrrole nitrogens is 1. The maximum Gasteiger partial charge on any atom is 0.259 e. The first-order valence-electron chi connectivity index (χ1n) is 10.3. The summed E-state index contributed by atoms with van der Waals surface area (Å²) in [6.45, 7) is -0.0220. The quantitative estimate of drug-likeness (QED) is 0.552. The summed E-state index contributed by atoms with van der Waals surface area (Å²) in [6, 6.07) is 7.92. The van der Waals surface area contributed by atoms with Crippen LogP contribution in [0, 0.1) is 23.2 Å². The zero-order valence-corrected chi connectivity index (χ0v) is 15.9. The van der Waals surface area contributed by atoms with Gasteiger partial charge in [0.05, 0.1) is 12.8 Å². The summed E-state index contributed by atoms with van der Waals surface area (Å²) in [5, 5.41) is 7.97.